The summed E-state index contributed by atoms with van der Waals surface area (Å²) in [7, 11) is 3.20. The maximum Gasteiger partial charge on any atom is 0.341 e. The normalized spacial score (nSPS) is 10.5. The van der Waals surface area contributed by atoms with Crippen LogP contribution in [0.15, 0.2) is 42.6 Å². The van der Waals surface area contributed by atoms with E-state index in [-0.39, 0.29) is 6.61 Å². The summed E-state index contributed by atoms with van der Waals surface area (Å²) < 4.78 is 15.8. The molecule has 0 aliphatic carbocycles. The van der Waals surface area contributed by atoms with E-state index < -0.39 is 5.97 Å². The first-order valence-electron chi connectivity index (χ1n) is 8.87. The monoisotopic (exact) mass is 381 g/mol. The Kier molecular flexibility index (Phi) is 5.84. The quantitative estimate of drug-likeness (QED) is 0.477. The molecule has 0 bridgehead atoms. The highest BCUT2D eigenvalue weighted by atomic mass is 16.5. The molecule has 7 nitrogen and oxygen atoms in total. The van der Waals surface area contributed by atoms with Crippen molar-refractivity contribution in [2.75, 3.05) is 31.9 Å². The molecule has 0 saturated carbocycles. The minimum absolute atomic E-state index is 0.278. The van der Waals surface area contributed by atoms with Crippen LogP contribution in [0.2, 0.25) is 0 Å². The second-order valence-corrected chi connectivity index (χ2v) is 6.09. The van der Waals surface area contributed by atoms with Crippen molar-refractivity contribution in [1.29, 1.82) is 0 Å². The molecule has 2 aromatic carbocycles. The van der Waals surface area contributed by atoms with Gasteiger partial charge in [-0.25, -0.2) is 4.79 Å². The number of esters is 1. The second kappa shape index (κ2) is 8.47. The Morgan fingerprint density at radius 1 is 1.14 bits per heavy atom. The molecule has 0 fully saturated rings. The number of rotatable bonds is 7. The zero-order valence-corrected chi connectivity index (χ0v) is 16.1. The summed E-state index contributed by atoms with van der Waals surface area (Å²) >= 11 is 0. The minimum Gasteiger partial charge on any atom is -0.497 e. The number of hydrogen-bond acceptors (Lipinski definition) is 7. The zero-order chi connectivity index (χ0) is 20.1. The van der Waals surface area contributed by atoms with Crippen LogP contribution >= 0.6 is 0 Å². The van der Waals surface area contributed by atoms with Gasteiger partial charge < -0.3 is 25.3 Å². The molecule has 146 valence electrons. The number of para-hydroxylation sites is 1. The van der Waals surface area contributed by atoms with Crippen molar-refractivity contribution in [2.45, 2.75) is 13.5 Å². The van der Waals surface area contributed by atoms with Gasteiger partial charge in [0.25, 0.3) is 0 Å². The van der Waals surface area contributed by atoms with Crippen molar-refractivity contribution in [3.63, 3.8) is 0 Å². The molecule has 0 radical (unpaired) electrons. The topological polar surface area (TPSA) is 95.7 Å². The van der Waals surface area contributed by atoms with Gasteiger partial charge in [0.05, 0.1) is 37.7 Å². The summed E-state index contributed by atoms with van der Waals surface area (Å²) in [6, 6.07) is 11.1. The molecule has 0 aliphatic rings. The fraction of sp³-hybridized carbons (Fsp3) is 0.238. The van der Waals surface area contributed by atoms with Gasteiger partial charge in [-0.05, 0) is 30.7 Å². The van der Waals surface area contributed by atoms with Crippen LogP contribution < -0.4 is 20.5 Å². The predicted molar refractivity (Wildman–Crippen MR) is 109 cm³/mol. The Morgan fingerprint density at radius 3 is 2.50 bits per heavy atom. The Morgan fingerprint density at radius 2 is 1.86 bits per heavy atom. The highest BCUT2D eigenvalue weighted by Gasteiger charge is 2.17. The van der Waals surface area contributed by atoms with Gasteiger partial charge in [-0.3, -0.25) is 4.98 Å². The number of hydrogen-bond donors (Lipinski definition) is 2. The van der Waals surface area contributed by atoms with Crippen LogP contribution in [-0.4, -0.2) is 31.8 Å². The third-order valence-corrected chi connectivity index (χ3v) is 4.30. The van der Waals surface area contributed by atoms with Crippen molar-refractivity contribution in [3.05, 3.63) is 53.7 Å². The number of fused-ring (bicyclic) bond motifs is 1. The molecular weight excluding hydrogens is 358 g/mol. The lowest BCUT2D eigenvalue weighted by Crippen LogP contribution is -2.11. The van der Waals surface area contributed by atoms with Gasteiger partial charge in [-0.2, -0.15) is 0 Å². The summed E-state index contributed by atoms with van der Waals surface area (Å²) in [5.74, 6) is 0.932. The third-order valence-electron chi connectivity index (χ3n) is 4.30. The first kappa shape index (κ1) is 19.3. The molecular formula is C21H23N3O4. The van der Waals surface area contributed by atoms with Gasteiger partial charge in [-0.1, -0.05) is 12.1 Å². The number of methoxy groups -OCH3 is 2. The molecule has 0 aliphatic heterocycles. The fourth-order valence-corrected chi connectivity index (χ4v) is 2.96. The molecule has 1 heterocycles. The number of carbonyl (C=O) groups is 1. The first-order chi connectivity index (χ1) is 13.6. The number of ether oxygens (including phenoxy) is 3. The van der Waals surface area contributed by atoms with Gasteiger partial charge in [0.1, 0.15) is 17.1 Å². The number of nitrogens with zero attached hydrogens (tertiary/aromatic N) is 1. The summed E-state index contributed by atoms with van der Waals surface area (Å²) in [6.45, 7) is 2.48. The van der Waals surface area contributed by atoms with Crippen molar-refractivity contribution < 1.29 is 19.0 Å². The van der Waals surface area contributed by atoms with Crippen LogP contribution in [0, 0.1) is 0 Å². The first-order valence-corrected chi connectivity index (χ1v) is 8.87. The number of anilines is 2. The highest BCUT2D eigenvalue weighted by Crippen LogP contribution is 2.31. The lowest BCUT2D eigenvalue weighted by atomic mass is 10.1. The molecule has 28 heavy (non-hydrogen) atoms. The number of aromatic nitrogens is 1. The average molecular weight is 381 g/mol. The largest absolute Gasteiger partial charge is 0.497 e. The maximum absolute atomic E-state index is 12.4. The number of carbonyl (C=O) groups excluding carboxylic acids is 1. The van der Waals surface area contributed by atoms with Crippen LogP contribution in [0.3, 0.4) is 0 Å². The van der Waals surface area contributed by atoms with E-state index in [4.69, 9.17) is 19.9 Å². The van der Waals surface area contributed by atoms with E-state index in [1.54, 1.807) is 33.3 Å². The minimum atomic E-state index is -0.440. The standard InChI is InChI=1S/C21H23N3O4/c1-4-28-21(25)17-12-24-20-16(6-5-7-18(20)22)19(17)23-11-13-8-14(26-2)10-15(9-13)27-3/h5-10,12H,4,11,22H2,1-3H3,(H,23,24). The summed E-state index contributed by atoms with van der Waals surface area (Å²) in [5, 5.41) is 4.08. The van der Waals surface area contributed by atoms with E-state index in [0.29, 0.717) is 40.5 Å². The highest BCUT2D eigenvalue weighted by molar-refractivity contribution is 6.07. The van der Waals surface area contributed by atoms with E-state index in [1.807, 2.05) is 24.3 Å². The van der Waals surface area contributed by atoms with Crippen LogP contribution in [0.1, 0.15) is 22.8 Å². The fourth-order valence-electron chi connectivity index (χ4n) is 2.96. The summed E-state index contributed by atoms with van der Waals surface area (Å²) in [5.41, 5.74) is 9.13. The average Bonchev–Trinajstić information content (AvgIpc) is 2.72. The predicted octanol–water partition coefficient (Wildman–Crippen LogP) is 3.62. The van der Waals surface area contributed by atoms with Gasteiger partial charge >= 0.3 is 5.97 Å². The summed E-state index contributed by atoms with van der Waals surface area (Å²) in [6.07, 6.45) is 1.49. The van der Waals surface area contributed by atoms with E-state index in [2.05, 4.69) is 10.3 Å². The van der Waals surface area contributed by atoms with Crippen LogP contribution in [0.4, 0.5) is 11.4 Å². The van der Waals surface area contributed by atoms with E-state index in [0.717, 1.165) is 10.9 Å². The maximum atomic E-state index is 12.4. The molecule has 0 saturated heterocycles. The Labute approximate surface area is 163 Å². The molecule has 0 unspecified atom stereocenters. The van der Waals surface area contributed by atoms with Crippen LogP contribution in [0.25, 0.3) is 10.9 Å². The smallest absolute Gasteiger partial charge is 0.341 e. The zero-order valence-electron chi connectivity index (χ0n) is 16.1. The van der Waals surface area contributed by atoms with E-state index in [9.17, 15) is 4.79 Å². The Bertz CT molecular complexity index is 982. The molecule has 0 amide bonds. The van der Waals surface area contributed by atoms with Gasteiger partial charge in [0, 0.05) is 24.2 Å². The molecule has 0 spiro atoms. The third kappa shape index (κ3) is 3.93. The van der Waals surface area contributed by atoms with Crippen LogP contribution in [0.5, 0.6) is 11.5 Å². The second-order valence-electron chi connectivity index (χ2n) is 6.09. The van der Waals surface area contributed by atoms with Gasteiger partial charge in [0.2, 0.25) is 0 Å². The molecule has 3 N–H and O–H groups in total. The van der Waals surface area contributed by atoms with Crippen molar-refractivity contribution in [3.8, 4) is 11.5 Å². The lowest BCUT2D eigenvalue weighted by Gasteiger charge is -2.15. The molecule has 3 rings (SSSR count). The van der Waals surface area contributed by atoms with Crippen molar-refractivity contribution in [2.24, 2.45) is 0 Å². The molecule has 7 heteroatoms. The van der Waals surface area contributed by atoms with Crippen molar-refractivity contribution in [1.82, 2.24) is 4.98 Å². The van der Waals surface area contributed by atoms with E-state index >= 15 is 0 Å². The van der Waals surface area contributed by atoms with E-state index in [1.165, 1.54) is 6.20 Å². The number of nitrogens with one attached hydrogen (secondary N) is 1. The molecule has 0 atom stereocenters. The Hall–Kier alpha value is -3.48. The van der Waals surface area contributed by atoms with Crippen molar-refractivity contribution >= 4 is 28.2 Å². The Balaban J connectivity index is 2.02. The molecule has 1 aromatic heterocycles. The number of nitrogens with two attached hydrogens (primary N) is 1. The summed E-state index contributed by atoms with van der Waals surface area (Å²) in [4.78, 5) is 16.8. The van der Waals surface area contributed by atoms with Gasteiger partial charge in [0.15, 0.2) is 0 Å². The lowest BCUT2D eigenvalue weighted by molar-refractivity contribution is 0.0527. The molecule has 3 aromatic rings. The number of pyridine rings is 1. The SMILES string of the molecule is CCOC(=O)c1cnc2c(N)cccc2c1NCc1cc(OC)cc(OC)c1. The number of nitrogen functional groups attached to an aromatic ring is 1. The van der Waals surface area contributed by atoms with Gasteiger partial charge in [-0.15, -0.1) is 0 Å². The van der Waals surface area contributed by atoms with Crippen LogP contribution in [-0.2, 0) is 11.3 Å². The number of benzene rings is 2.